The van der Waals surface area contributed by atoms with Gasteiger partial charge < -0.3 is 15.4 Å². The molecule has 174 valence electrons. The van der Waals surface area contributed by atoms with Crippen molar-refractivity contribution in [3.05, 3.63) is 52.0 Å². The third-order valence-corrected chi connectivity index (χ3v) is 8.61. The molecule has 5 nitrogen and oxygen atoms in total. The smallest absolute Gasteiger partial charge is 0.255 e. The van der Waals surface area contributed by atoms with Crippen molar-refractivity contribution in [3.63, 3.8) is 0 Å². The van der Waals surface area contributed by atoms with Crippen molar-refractivity contribution < 1.29 is 14.3 Å². The Morgan fingerprint density at radius 2 is 1.70 bits per heavy atom. The number of carbonyl (C=O) groups excluding carboxylic acids is 2. The second-order valence-corrected chi connectivity index (χ2v) is 10.5. The van der Waals surface area contributed by atoms with E-state index >= 15 is 0 Å². The van der Waals surface area contributed by atoms with Crippen molar-refractivity contribution in [2.75, 3.05) is 17.7 Å². The summed E-state index contributed by atoms with van der Waals surface area (Å²) in [6.45, 7) is 0. The Hall–Kier alpha value is -2.24. The summed E-state index contributed by atoms with van der Waals surface area (Å²) in [4.78, 5) is 26.3. The van der Waals surface area contributed by atoms with E-state index in [4.69, 9.17) is 27.9 Å². The molecule has 2 aromatic carbocycles. The van der Waals surface area contributed by atoms with Gasteiger partial charge in [0.1, 0.15) is 5.75 Å². The van der Waals surface area contributed by atoms with Crippen molar-refractivity contribution in [2.24, 2.45) is 29.6 Å². The fourth-order valence-electron chi connectivity index (χ4n) is 6.37. The van der Waals surface area contributed by atoms with Gasteiger partial charge in [0.25, 0.3) is 5.91 Å². The van der Waals surface area contributed by atoms with Crippen LogP contribution in [0.4, 0.5) is 11.4 Å². The highest BCUT2D eigenvalue weighted by Crippen LogP contribution is 2.55. The minimum absolute atomic E-state index is 0.0543. The quantitative estimate of drug-likeness (QED) is 0.496. The highest BCUT2D eigenvalue weighted by molar-refractivity contribution is 6.42. The van der Waals surface area contributed by atoms with E-state index in [0.717, 1.165) is 12.3 Å². The van der Waals surface area contributed by atoms with Crippen LogP contribution in [0.25, 0.3) is 0 Å². The van der Waals surface area contributed by atoms with E-state index in [0.29, 0.717) is 50.5 Å². The zero-order valence-electron chi connectivity index (χ0n) is 18.6. The van der Waals surface area contributed by atoms with E-state index in [1.165, 1.54) is 32.1 Å². The number of hydrogen-bond donors (Lipinski definition) is 2. The lowest BCUT2D eigenvalue weighted by Gasteiger charge is -2.52. The molecule has 5 atom stereocenters. The lowest BCUT2D eigenvalue weighted by atomic mass is 9.52. The van der Waals surface area contributed by atoms with Crippen molar-refractivity contribution >= 4 is 46.4 Å². The zero-order chi connectivity index (χ0) is 23.1. The van der Waals surface area contributed by atoms with Crippen molar-refractivity contribution in [2.45, 2.75) is 38.5 Å². The van der Waals surface area contributed by atoms with Crippen LogP contribution < -0.4 is 15.4 Å². The molecule has 2 aromatic rings. The van der Waals surface area contributed by atoms with E-state index in [9.17, 15) is 9.59 Å². The lowest BCUT2D eigenvalue weighted by Crippen LogP contribution is -2.49. The lowest BCUT2D eigenvalue weighted by molar-refractivity contribution is -0.132. The number of ether oxygens (including phenoxy) is 1. The van der Waals surface area contributed by atoms with Crippen LogP contribution in [-0.2, 0) is 4.79 Å². The first-order valence-electron chi connectivity index (χ1n) is 11.7. The number of benzene rings is 2. The second kappa shape index (κ2) is 9.19. The van der Waals surface area contributed by atoms with Gasteiger partial charge in [-0.3, -0.25) is 9.59 Å². The van der Waals surface area contributed by atoms with Crippen molar-refractivity contribution in [1.82, 2.24) is 0 Å². The fourth-order valence-corrected chi connectivity index (χ4v) is 6.67. The molecular weight excluding hydrogens is 459 g/mol. The molecule has 3 bridgehead atoms. The predicted molar refractivity (Wildman–Crippen MR) is 131 cm³/mol. The van der Waals surface area contributed by atoms with Crippen LogP contribution in [-0.4, -0.2) is 18.9 Å². The molecule has 0 spiro atoms. The monoisotopic (exact) mass is 486 g/mol. The average Bonchev–Trinajstić information content (AvgIpc) is 2.79. The largest absolute Gasteiger partial charge is 0.495 e. The van der Waals surface area contributed by atoms with Gasteiger partial charge in [-0.15, -0.1) is 0 Å². The number of halogens is 2. The number of fused-ring (bicyclic) bond motifs is 2. The fraction of sp³-hybridized carbons (Fsp3) is 0.462. The van der Waals surface area contributed by atoms with Crippen LogP contribution in [0.3, 0.4) is 0 Å². The molecular formula is C26H28Cl2N2O3. The van der Waals surface area contributed by atoms with E-state index in [-0.39, 0.29) is 17.7 Å². The average molecular weight is 487 g/mol. The molecule has 3 aliphatic carbocycles. The van der Waals surface area contributed by atoms with Crippen LogP contribution in [0, 0.1) is 29.6 Å². The minimum atomic E-state index is -0.307. The summed E-state index contributed by atoms with van der Waals surface area (Å²) >= 11 is 12.0. The normalized spacial score (nSPS) is 27.7. The Balaban J connectivity index is 1.34. The SMILES string of the molecule is COc1ccc(C(=O)Nc2ccc(Cl)c(Cl)c2)cc1NC(=O)C1C2CCC3CCC(C2)CC31. The van der Waals surface area contributed by atoms with Gasteiger partial charge in [0.15, 0.2) is 0 Å². The zero-order valence-corrected chi connectivity index (χ0v) is 20.1. The van der Waals surface area contributed by atoms with E-state index in [1.807, 2.05) is 0 Å². The van der Waals surface area contributed by atoms with Gasteiger partial charge in [-0.05, 0) is 92.2 Å². The molecule has 3 fully saturated rings. The Kier molecular flexibility index (Phi) is 6.28. The summed E-state index contributed by atoms with van der Waals surface area (Å²) < 4.78 is 5.48. The first-order valence-corrected chi connectivity index (χ1v) is 12.4. The highest BCUT2D eigenvalue weighted by atomic mass is 35.5. The number of methoxy groups -OCH3 is 1. The molecule has 3 aliphatic rings. The molecule has 33 heavy (non-hydrogen) atoms. The summed E-state index contributed by atoms with van der Waals surface area (Å²) in [6.07, 6.45) is 7.36. The number of carbonyl (C=O) groups is 2. The molecule has 5 rings (SSSR count). The number of rotatable bonds is 5. The van der Waals surface area contributed by atoms with Gasteiger partial charge in [0, 0.05) is 17.2 Å². The third-order valence-electron chi connectivity index (χ3n) is 7.87. The van der Waals surface area contributed by atoms with E-state index in [1.54, 1.807) is 43.5 Å². The van der Waals surface area contributed by atoms with Gasteiger partial charge in [0.2, 0.25) is 5.91 Å². The van der Waals surface area contributed by atoms with Crippen molar-refractivity contribution in [1.29, 1.82) is 0 Å². The van der Waals surface area contributed by atoms with Gasteiger partial charge in [-0.2, -0.15) is 0 Å². The maximum absolute atomic E-state index is 13.5. The maximum atomic E-state index is 13.5. The number of amides is 2. The van der Waals surface area contributed by atoms with Gasteiger partial charge in [-0.1, -0.05) is 29.6 Å². The standard InChI is InChI=1S/C26H28Cl2N2O3/c1-33-23-9-6-17(25(31)29-18-7-8-20(27)21(28)13-18)12-22(23)30-26(32)24-16-5-4-15-3-2-14(10-16)11-19(15)24/h6-9,12-16,19,24H,2-5,10-11H2,1H3,(H,29,31)(H,30,32). The number of hydrogen-bond acceptors (Lipinski definition) is 3. The molecule has 0 aliphatic heterocycles. The van der Waals surface area contributed by atoms with Crippen LogP contribution in [0.5, 0.6) is 5.75 Å². The van der Waals surface area contributed by atoms with Crippen LogP contribution >= 0.6 is 23.2 Å². The first-order chi connectivity index (χ1) is 15.9. The van der Waals surface area contributed by atoms with Gasteiger partial charge in [0.05, 0.1) is 22.8 Å². The molecule has 0 heterocycles. The van der Waals surface area contributed by atoms with Crippen LogP contribution in [0.15, 0.2) is 36.4 Å². The first kappa shape index (κ1) is 22.5. The predicted octanol–water partition coefficient (Wildman–Crippen LogP) is 6.66. The molecule has 7 heteroatoms. The van der Waals surface area contributed by atoms with E-state index in [2.05, 4.69) is 10.6 Å². The van der Waals surface area contributed by atoms with Gasteiger partial charge in [-0.25, -0.2) is 0 Å². The molecule has 0 aromatic heterocycles. The summed E-state index contributed by atoms with van der Waals surface area (Å²) in [7, 11) is 1.56. The molecule has 5 unspecified atom stereocenters. The highest BCUT2D eigenvalue weighted by Gasteiger charge is 2.50. The third kappa shape index (κ3) is 4.45. The topological polar surface area (TPSA) is 67.4 Å². The Bertz CT molecular complexity index is 1090. The number of nitrogens with one attached hydrogen (secondary N) is 2. The molecule has 0 saturated heterocycles. The molecule has 2 amide bonds. The van der Waals surface area contributed by atoms with Crippen LogP contribution in [0.2, 0.25) is 10.0 Å². The Labute approximate surface area is 204 Å². The minimum Gasteiger partial charge on any atom is -0.495 e. The molecule has 3 saturated carbocycles. The summed E-state index contributed by atoms with van der Waals surface area (Å²) in [5.41, 5.74) is 1.49. The summed E-state index contributed by atoms with van der Waals surface area (Å²) in [5, 5.41) is 6.72. The second-order valence-electron chi connectivity index (χ2n) is 9.69. The maximum Gasteiger partial charge on any atom is 0.255 e. The van der Waals surface area contributed by atoms with Gasteiger partial charge >= 0.3 is 0 Å². The Morgan fingerprint density at radius 1 is 0.909 bits per heavy atom. The van der Waals surface area contributed by atoms with Crippen molar-refractivity contribution in [3.8, 4) is 5.75 Å². The molecule has 2 N–H and O–H groups in total. The summed E-state index contributed by atoms with van der Waals surface area (Å²) in [5.74, 6) is 2.78. The van der Waals surface area contributed by atoms with Crippen LogP contribution in [0.1, 0.15) is 48.9 Å². The molecule has 0 radical (unpaired) electrons. The van der Waals surface area contributed by atoms with E-state index < -0.39 is 0 Å². The number of anilines is 2. The summed E-state index contributed by atoms with van der Waals surface area (Å²) in [6, 6.07) is 9.98. The Morgan fingerprint density at radius 3 is 2.48 bits per heavy atom.